The maximum atomic E-state index is 12.3. The topological polar surface area (TPSA) is 219 Å². The van der Waals surface area contributed by atoms with Crippen LogP contribution in [0.5, 0.6) is 6.01 Å². The van der Waals surface area contributed by atoms with E-state index in [0.717, 1.165) is 6.26 Å². The van der Waals surface area contributed by atoms with Crippen molar-refractivity contribution in [1.29, 1.82) is 0 Å². The average molecular weight is 875 g/mol. The van der Waals surface area contributed by atoms with Gasteiger partial charge in [-0.3, -0.25) is 0 Å². The summed E-state index contributed by atoms with van der Waals surface area (Å²) in [5, 5.41) is 41.0. The fourth-order valence-corrected chi connectivity index (χ4v) is 7.43. The minimum absolute atomic E-state index is 0. The van der Waals surface area contributed by atoms with E-state index in [2.05, 4.69) is 24.7 Å². The number of aliphatic carboxylic acids is 1. The van der Waals surface area contributed by atoms with E-state index in [-0.39, 0.29) is 42.2 Å². The number of aromatic nitrogens is 4. The molecule has 2 atom stereocenters. The molecule has 2 aromatic heterocycles. The van der Waals surface area contributed by atoms with Gasteiger partial charge in [0.1, 0.15) is 0 Å². The molecule has 0 spiro atoms. The molecule has 322 valence electrons. The third kappa shape index (κ3) is 12.4. The molecule has 0 bridgehead atoms. The fourth-order valence-electron chi connectivity index (χ4n) is 6.81. The molecule has 4 aromatic carbocycles. The molecule has 6 rings (SSSR count). The van der Waals surface area contributed by atoms with Crippen molar-refractivity contribution in [2.75, 3.05) is 26.6 Å². The normalized spacial score (nSPS) is 12.1. The first-order valence-corrected chi connectivity index (χ1v) is 20.9. The van der Waals surface area contributed by atoms with Crippen LogP contribution in [-0.4, -0.2) is 99.5 Å². The Bertz CT molecular complexity index is 2350. The van der Waals surface area contributed by atoms with E-state index >= 15 is 0 Å². The van der Waals surface area contributed by atoms with E-state index in [1.807, 2.05) is 24.3 Å². The minimum atomic E-state index is -3.27. The van der Waals surface area contributed by atoms with E-state index in [0.29, 0.717) is 45.0 Å². The zero-order valence-corrected chi connectivity index (χ0v) is 38.5. The first-order chi connectivity index (χ1) is 29.0. The SMILES string of the molecule is COC(=O)[C@@H](O)C(CO)(c1ccccc1)c1ccccc1.Cc1cc(C)nc(O[C@H](C(=O)O)C(CO)(c2ccccc2)c2ccccc2)n1.Cc1cc(C)nc(S(C)(=O)=O)n1.[H-].[Na+]. The number of carbonyl (C=O) groups is 2. The summed E-state index contributed by atoms with van der Waals surface area (Å²) >= 11 is 0. The van der Waals surface area contributed by atoms with Gasteiger partial charge in [-0.25, -0.2) is 37.9 Å². The second kappa shape index (κ2) is 23.2. The molecule has 0 aliphatic rings. The molecular formula is C46H51N4NaO10S. The number of aliphatic hydroxyl groups is 3. The Morgan fingerprint density at radius 3 is 1.24 bits per heavy atom. The second-order valence-corrected chi connectivity index (χ2v) is 16.0. The first-order valence-electron chi connectivity index (χ1n) is 19.0. The smallest absolute Gasteiger partial charge is 1.00 e. The number of esters is 1. The molecule has 0 saturated heterocycles. The summed E-state index contributed by atoms with van der Waals surface area (Å²) in [5.41, 5.74) is 2.63. The molecule has 0 amide bonds. The summed E-state index contributed by atoms with van der Waals surface area (Å²) in [6, 6.07) is 39.4. The van der Waals surface area contributed by atoms with Crippen molar-refractivity contribution in [3.8, 4) is 6.01 Å². The first kappa shape index (κ1) is 51.0. The van der Waals surface area contributed by atoms with E-state index in [4.69, 9.17) is 4.74 Å². The number of carbonyl (C=O) groups excluding carboxylic acids is 1. The van der Waals surface area contributed by atoms with Gasteiger partial charge in [0, 0.05) is 29.0 Å². The molecule has 0 aliphatic carbocycles. The number of ether oxygens (including phenoxy) is 2. The zero-order chi connectivity index (χ0) is 44.8. The predicted octanol–water partition coefficient (Wildman–Crippen LogP) is 2.02. The standard InChI is InChI=1S/C22H22N2O4.C17H18O4.C7H10N2O2S.Na.H/c1-15-13-16(2)24-21(23-15)28-19(20(26)27)22(14-25,17-9-5-3-6-10-17)18-11-7-4-8-12-18;1-21-16(20)15(19)17(12-18,13-8-4-2-5-9-13)14-10-6-3-7-11-14;1-5-4-6(2)9-7(8-5)12(3,10)11;;/h3-13,19,25H,14H2,1-2H3,(H,26,27);2-11,15,18-19H,12H2,1H3;4H,1-3H3;;/q;;;+1;-1/t19-;15-;;;/m11.../s1. The summed E-state index contributed by atoms with van der Waals surface area (Å²) in [6.45, 7) is 6.16. The summed E-state index contributed by atoms with van der Waals surface area (Å²) in [4.78, 5) is 40.3. The molecule has 0 saturated carbocycles. The van der Waals surface area contributed by atoms with Crippen molar-refractivity contribution >= 4 is 21.8 Å². The number of nitrogens with zero attached hydrogens (tertiary/aromatic N) is 4. The number of hydrogen-bond acceptors (Lipinski definition) is 13. The van der Waals surface area contributed by atoms with Crippen LogP contribution in [0.1, 0.15) is 46.5 Å². The van der Waals surface area contributed by atoms with Crippen LogP contribution < -0.4 is 34.3 Å². The number of carboxylic acids is 1. The van der Waals surface area contributed by atoms with Gasteiger partial charge in [-0.2, -0.15) is 0 Å². The Morgan fingerprint density at radius 1 is 0.629 bits per heavy atom. The molecule has 0 radical (unpaired) electrons. The van der Waals surface area contributed by atoms with Crippen molar-refractivity contribution in [3.63, 3.8) is 0 Å². The van der Waals surface area contributed by atoms with Gasteiger partial charge < -0.3 is 31.3 Å². The van der Waals surface area contributed by atoms with E-state index in [9.17, 15) is 38.4 Å². The van der Waals surface area contributed by atoms with E-state index < -0.39 is 58.0 Å². The molecule has 16 heteroatoms. The number of benzene rings is 4. The number of methoxy groups -OCH3 is 1. The van der Waals surface area contributed by atoms with Gasteiger partial charge >= 0.3 is 47.5 Å². The van der Waals surface area contributed by atoms with Crippen molar-refractivity contribution in [1.82, 2.24) is 19.9 Å². The molecule has 6 aromatic rings. The molecular weight excluding hydrogens is 824 g/mol. The van der Waals surface area contributed by atoms with Gasteiger partial charge in [0.2, 0.25) is 21.1 Å². The monoisotopic (exact) mass is 874 g/mol. The van der Waals surface area contributed by atoms with Crippen LogP contribution in [0.15, 0.2) is 139 Å². The Hall–Kier alpha value is -5.39. The van der Waals surface area contributed by atoms with Gasteiger partial charge in [-0.1, -0.05) is 121 Å². The van der Waals surface area contributed by atoms with Crippen LogP contribution in [0.4, 0.5) is 0 Å². The third-order valence-electron chi connectivity index (χ3n) is 9.70. The second-order valence-electron chi connectivity index (χ2n) is 14.1. The summed E-state index contributed by atoms with van der Waals surface area (Å²) in [6.07, 6.45) is -1.85. The zero-order valence-electron chi connectivity index (χ0n) is 36.7. The molecule has 4 N–H and O–H groups in total. The number of hydrogen-bond donors (Lipinski definition) is 4. The van der Waals surface area contributed by atoms with Crippen molar-refractivity contribution in [3.05, 3.63) is 178 Å². The maximum Gasteiger partial charge on any atom is 1.00 e. The van der Waals surface area contributed by atoms with Crippen LogP contribution in [0, 0.1) is 27.7 Å². The largest absolute Gasteiger partial charge is 1.00 e. The summed E-state index contributed by atoms with van der Waals surface area (Å²) in [7, 11) is -2.06. The van der Waals surface area contributed by atoms with E-state index in [1.165, 1.54) is 7.11 Å². The van der Waals surface area contributed by atoms with Crippen LogP contribution in [0.25, 0.3) is 0 Å². The Labute approximate surface area is 385 Å². The molecule has 2 heterocycles. The van der Waals surface area contributed by atoms with Gasteiger partial charge in [-0.15, -0.1) is 0 Å². The number of carboxylic acid groups (broad SMARTS) is 1. The molecule has 62 heavy (non-hydrogen) atoms. The van der Waals surface area contributed by atoms with Gasteiger partial charge in [0.05, 0.1) is 31.2 Å². The average Bonchev–Trinajstić information content (AvgIpc) is 3.25. The van der Waals surface area contributed by atoms with Crippen molar-refractivity contribution in [2.24, 2.45) is 0 Å². The Kier molecular flexibility index (Phi) is 19.0. The summed E-state index contributed by atoms with van der Waals surface area (Å²) < 4.78 is 32.5. The van der Waals surface area contributed by atoms with Crippen molar-refractivity contribution < 1.29 is 78.9 Å². The van der Waals surface area contributed by atoms with Gasteiger partial charge in [0.15, 0.2) is 6.10 Å². The van der Waals surface area contributed by atoms with Crippen LogP contribution in [0.2, 0.25) is 0 Å². The number of rotatable bonds is 13. The molecule has 14 nitrogen and oxygen atoms in total. The number of aryl methyl sites for hydroxylation is 4. The molecule has 0 unspecified atom stereocenters. The Morgan fingerprint density at radius 2 is 0.952 bits per heavy atom. The van der Waals surface area contributed by atoms with Gasteiger partial charge in [-0.05, 0) is 62.1 Å². The number of aliphatic hydroxyl groups excluding tert-OH is 3. The van der Waals surface area contributed by atoms with Crippen molar-refractivity contribution in [2.45, 2.75) is 55.9 Å². The fraction of sp³-hybridized carbons (Fsp3) is 0.261. The van der Waals surface area contributed by atoms with E-state index in [1.54, 1.807) is 137 Å². The van der Waals surface area contributed by atoms with Crippen LogP contribution >= 0.6 is 0 Å². The number of sulfone groups is 1. The minimum Gasteiger partial charge on any atom is -1.00 e. The Balaban J connectivity index is 0.000000345. The van der Waals surface area contributed by atoms with Crippen LogP contribution in [0.3, 0.4) is 0 Å². The third-order valence-corrected chi connectivity index (χ3v) is 10.5. The van der Waals surface area contributed by atoms with Gasteiger partial charge in [0.25, 0.3) is 0 Å². The predicted molar refractivity (Wildman–Crippen MR) is 229 cm³/mol. The maximum absolute atomic E-state index is 12.3. The molecule has 0 aliphatic heterocycles. The molecule has 0 fully saturated rings. The summed E-state index contributed by atoms with van der Waals surface area (Å²) in [5.74, 6) is -2.00. The quantitative estimate of drug-likeness (QED) is 0.0742. The van der Waals surface area contributed by atoms with Crippen LogP contribution in [-0.2, 0) is 35.0 Å².